The van der Waals surface area contributed by atoms with Crippen LogP contribution in [0, 0.1) is 0 Å². The van der Waals surface area contributed by atoms with E-state index in [1.165, 1.54) is 141 Å². The minimum atomic E-state index is 0.585. The number of unbranched alkanes of at least 4 members (excludes halogenated alkanes) is 18. The van der Waals surface area contributed by atoms with Crippen molar-refractivity contribution in [3.05, 3.63) is 24.3 Å². The second-order valence-electron chi connectivity index (χ2n) is 11.2. The topological polar surface area (TPSA) is 12.5 Å². The summed E-state index contributed by atoms with van der Waals surface area (Å²) in [4.78, 5) is 2.37. The molecule has 0 rings (SSSR count). The Morgan fingerprint density at radius 1 is 0.528 bits per heavy atom. The van der Waals surface area contributed by atoms with Crippen molar-refractivity contribution in [2.45, 2.75) is 168 Å². The quantitative estimate of drug-likeness (QED) is 0.0740. The molecule has 0 aliphatic carbocycles. The van der Waals surface area contributed by atoms with E-state index >= 15 is 0 Å². The molecular weight excluding hydrogens is 438 g/mol. The van der Waals surface area contributed by atoms with Crippen LogP contribution in [0.1, 0.15) is 162 Å². The van der Waals surface area contributed by atoms with Crippen LogP contribution >= 0.6 is 0 Å². The molecule has 0 unspecified atom stereocenters. The van der Waals surface area contributed by atoms with Gasteiger partial charge in [0.05, 0.1) is 6.61 Å². The molecule has 0 spiro atoms. The van der Waals surface area contributed by atoms with E-state index in [0.717, 1.165) is 19.6 Å². The zero-order chi connectivity index (χ0) is 26.4. The highest BCUT2D eigenvalue weighted by atomic mass is 16.5. The summed E-state index contributed by atoms with van der Waals surface area (Å²) in [5.41, 5.74) is 0. The van der Waals surface area contributed by atoms with E-state index in [-0.39, 0.29) is 0 Å². The van der Waals surface area contributed by atoms with Gasteiger partial charge in [-0.3, -0.25) is 0 Å². The van der Waals surface area contributed by atoms with E-state index < -0.39 is 0 Å². The highest BCUT2D eigenvalue weighted by Gasteiger charge is 2.11. The van der Waals surface area contributed by atoms with Gasteiger partial charge in [0, 0.05) is 12.6 Å². The van der Waals surface area contributed by atoms with Gasteiger partial charge in [0.15, 0.2) is 0 Å². The minimum absolute atomic E-state index is 0.585. The van der Waals surface area contributed by atoms with E-state index in [0.29, 0.717) is 6.04 Å². The molecule has 214 valence electrons. The Kier molecular flexibility index (Phi) is 30.1. The van der Waals surface area contributed by atoms with Gasteiger partial charge in [-0.25, -0.2) is 0 Å². The van der Waals surface area contributed by atoms with Crippen LogP contribution in [0.4, 0.5) is 0 Å². The number of nitrogens with zero attached hydrogens (tertiary/aromatic N) is 1. The van der Waals surface area contributed by atoms with Crippen LogP contribution in [0.3, 0.4) is 0 Å². The second kappa shape index (κ2) is 30.6. The summed E-state index contributed by atoms with van der Waals surface area (Å²) in [6.45, 7) is 6.42. The van der Waals surface area contributed by atoms with Crippen molar-refractivity contribution in [2.24, 2.45) is 0 Å². The molecule has 0 radical (unpaired) electrons. The number of likely N-dealkylation sites (N-methyl/N-ethyl adjacent to an activating group) is 1. The Bertz CT molecular complexity index is 456. The molecule has 0 heterocycles. The lowest BCUT2D eigenvalue weighted by Gasteiger charge is -2.24. The maximum absolute atomic E-state index is 6.05. The SMILES string of the molecule is CCCCC/C=C\C/C=C\CCCCCCCCC[C@H](COCCCCCCCCCCC)N(C)C. The second-order valence-corrected chi connectivity index (χ2v) is 11.2. The fraction of sp³-hybridized carbons (Fsp3) is 0.882. The summed E-state index contributed by atoms with van der Waals surface area (Å²) >= 11 is 0. The number of hydrogen-bond acceptors (Lipinski definition) is 2. The molecule has 0 saturated carbocycles. The average Bonchev–Trinajstić information content (AvgIpc) is 2.87. The summed E-state index contributed by atoms with van der Waals surface area (Å²) in [5, 5.41) is 0. The van der Waals surface area contributed by atoms with Gasteiger partial charge in [0.2, 0.25) is 0 Å². The van der Waals surface area contributed by atoms with Crippen molar-refractivity contribution in [3.8, 4) is 0 Å². The van der Waals surface area contributed by atoms with E-state index in [4.69, 9.17) is 4.74 Å². The fourth-order valence-corrected chi connectivity index (χ4v) is 4.77. The highest BCUT2D eigenvalue weighted by molar-refractivity contribution is 4.92. The van der Waals surface area contributed by atoms with Crippen molar-refractivity contribution in [3.63, 3.8) is 0 Å². The molecule has 0 aromatic rings. The summed E-state index contributed by atoms with van der Waals surface area (Å²) < 4.78 is 6.05. The molecule has 0 aromatic heterocycles. The first-order chi connectivity index (χ1) is 17.7. The molecule has 36 heavy (non-hydrogen) atoms. The number of rotatable bonds is 29. The molecule has 0 amide bonds. The molecule has 0 fully saturated rings. The zero-order valence-corrected chi connectivity index (χ0v) is 25.4. The number of hydrogen-bond donors (Lipinski definition) is 0. The van der Waals surface area contributed by atoms with E-state index in [1.54, 1.807) is 0 Å². The van der Waals surface area contributed by atoms with Crippen molar-refractivity contribution in [1.82, 2.24) is 4.90 Å². The molecule has 2 nitrogen and oxygen atoms in total. The summed E-state index contributed by atoms with van der Waals surface area (Å²) in [5.74, 6) is 0. The third-order valence-electron chi connectivity index (χ3n) is 7.42. The third kappa shape index (κ3) is 28.0. The summed E-state index contributed by atoms with van der Waals surface area (Å²) in [6.07, 6.45) is 40.5. The predicted molar refractivity (Wildman–Crippen MR) is 164 cm³/mol. The molecule has 0 bridgehead atoms. The Labute approximate surface area is 228 Å². The molecular formula is C34H67NO. The van der Waals surface area contributed by atoms with Gasteiger partial charge in [0.1, 0.15) is 0 Å². The Morgan fingerprint density at radius 3 is 1.53 bits per heavy atom. The lowest BCUT2D eigenvalue weighted by atomic mass is 10.0. The standard InChI is InChI=1S/C34H67NO/c1-5-7-9-11-13-15-16-17-18-19-20-21-22-23-25-27-29-31-34(35(3)4)33-36-32-30-28-26-24-14-12-10-8-6-2/h13,15,17-18,34H,5-12,14,16,19-33H2,1-4H3/b15-13-,18-17-/t34-/m1/s1. The van der Waals surface area contributed by atoms with Crippen LogP contribution in [0.15, 0.2) is 24.3 Å². The largest absolute Gasteiger partial charge is 0.380 e. The maximum Gasteiger partial charge on any atom is 0.0621 e. The van der Waals surface area contributed by atoms with Crippen LogP contribution in [0.2, 0.25) is 0 Å². The van der Waals surface area contributed by atoms with Crippen LogP contribution in [-0.4, -0.2) is 38.3 Å². The Balaban J connectivity index is 3.46. The lowest BCUT2D eigenvalue weighted by Crippen LogP contribution is -2.32. The lowest BCUT2D eigenvalue weighted by molar-refractivity contribution is 0.0721. The maximum atomic E-state index is 6.05. The first-order valence-electron chi connectivity index (χ1n) is 16.3. The van der Waals surface area contributed by atoms with Gasteiger partial charge in [-0.15, -0.1) is 0 Å². The first kappa shape index (κ1) is 35.4. The smallest absolute Gasteiger partial charge is 0.0621 e. The molecule has 0 aliphatic heterocycles. The van der Waals surface area contributed by atoms with Crippen LogP contribution < -0.4 is 0 Å². The van der Waals surface area contributed by atoms with Gasteiger partial charge in [-0.1, -0.05) is 141 Å². The van der Waals surface area contributed by atoms with Crippen molar-refractivity contribution in [2.75, 3.05) is 27.3 Å². The van der Waals surface area contributed by atoms with Crippen molar-refractivity contribution in [1.29, 1.82) is 0 Å². The Morgan fingerprint density at radius 2 is 0.972 bits per heavy atom. The first-order valence-corrected chi connectivity index (χ1v) is 16.3. The summed E-state index contributed by atoms with van der Waals surface area (Å²) in [6, 6.07) is 0.585. The van der Waals surface area contributed by atoms with E-state index in [9.17, 15) is 0 Å². The minimum Gasteiger partial charge on any atom is -0.380 e. The predicted octanol–water partition coefficient (Wildman–Crippen LogP) is 11.1. The van der Waals surface area contributed by atoms with Gasteiger partial charge in [0.25, 0.3) is 0 Å². The number of ether oxygens (including phenoxy) is 1. The average molecular weight is 506 g/mol. The van der Waals surface area contributed by atoms with Gasteiger partial charge in [-0.2, -0.15) is 0 Å². The van der Waals surface area contributed by atoms with Crippen LogP contribution in [-0.2, 0) is 4.74 Å². The molecule has 2 heteroatoms. The van der Waals surface area contributed by atoms with Crippen LogP contribution in [0.5, 0.6) is 0 Å². The van der Waals surface area contributed by atoms with E-state index in [1.807, 2.05) is 0 Å². The molecule has 0 aromatic carbocycles. The normalized spacial score (nSPS) is 13.0. The highest BCUT2D eigenvalue weighted by Crippen LogP contribution is 2.14. The third-order valence-corrected chi connectivity index (χ3v) is 7.42. The fourth-order valence-electron chi connectivity index (χ4n) is 4.77. The molecule has 0 saturated heterocycles. The summed E-state index contributed by atoms with van der Waals surface area (Å²) in [7, 11) is 4.43. The van der Waals surface area contributed by atoms with Gasteiger partial charge < -0.3 is 9.64 Å². The molecule has 0 N–H and O–H groups in total. The van der Waals surface area contributed by atoms with Crippen molar-refractivity contribution < 1.29 is 4.74 Å². The zero-order valence-electron chi connectivity index (χ0n) is 25.4. The van der Waals surface area contributed by atoms with E-state index in [2.05, 4.69) is 57.1 Å². The Hall–Kier alpha value is -0.600. The molecule has 1 atom stereocenters. The number of allylic oxidation sites excluding steroid dienone is 4. The van der Waals surface area contributed by atoms with Crippen LogP contribution in [0.25, 0.3) is 0 Å². The van der Waals surface area contributed by atoms with Gasteiger partial charge in [-0.05, 0) is 59.0 Å². The molecule has 0 aliphatic rings. The van der Waals surface area contributed by atoms with Crippen molar-refractivity contribution >= 4 is 0 Å². The van der Waals surface area contributed by atoms with Gasteiger partial charge >= 0.3 is 0 Å². The monoisotopic (exact) mass is 506 g/mol.